The number of hydrogen-bond donors (Lipinski definition) is 1. The third-order valence-corrected chi connectivity index (χ3v) is 4.88. The molecule has 0 amide bonds. The first kappa shape index (κ1) is 14.5. The van der Waals surface area contributed by atoms with Crippen LogP contribution in [-0.4, -0.2) is 11.1 Å². The van der Waals surface area contributed by atoms with Crippen LogP contribution in [-0.2, 0) is 11.2 Å². The normalized spacial score (nSPS) is 26.6. The van der Waals surface area contributed by atoms with Crippen molar-refractivity contribution in [3.63, 3.8) is 0 Å². The molecule has 0 aliphatic heterocycles. The summed E-state index contributed by atoms with van der Waals surface area (Å²) in [5.74, 6) is -0.533. The van der Waals surface area contributed by atoms with Gasteiger partial charge in [-0.3, -0.25) is 4.79 Å². The van der Waals surface area contributed by atoms with E-state index in [0.29, 0.717) is 16.8 Å². The molecular formula is C15H18BrFO2. The van der Waals surface area contributed by atoms with E-state index in [1.807, 2.05) is 0 Å². The number of hydrogen-bond acceptors (Lipinski definition) is 1. The number of carboxylic acid groups (broad SMARTS) is 1. The molecule has 1 aromatic carbocycles. The summed E-state index contributed by atoms with van der Waals surface area (Å²) in [5.41, 5.74) is 0.213. The molecule has 0 radical (unpaired) electrons. The van der Waals surface area contributed by atoms with Crippen molar-refractivity contribution in [2.24, 2.45) is 11.3 Å². The Morgan fingerprint density at radius 1 is 1.58 bits per heavy atom. The largest absolute Gasteiger partial charge is 0.481 e. The molecule has 1 saturated carbocycles. The number of benzene rings is 1. The molecule has 1 fully saturated rings. The van der Waals surface area contributed by atoms with Crippen LogP contribution < -0.4 is 0 Å². The third kappa shape index (κ3) is 2.99. The first-order valence-corrected chi connectivity index (χ1v) is 7.43. The molecule has 1 aliphatic carbocycles. The molecule has 2 unspecified atom stereocenters. The Bertz CT molecular complexity index is 489. The molecule has 0 spiro atoms. The highest BCUT2D eigenvalue weighted by Crippen LogP contribution is 2.45. The molecule has 19 heavy (non-hydrogen) atoms. The lowest BCUT2D eigenvalue weighted by Gasteiger charge is -2.24. The van der Waals surface area contributed by atoms with E-state index < -0.39 is 11.4 Å². The fourth-order valence-electron chi connectivity index (χ4n) is 3.06. The van der Waals surface area contributed by atoms with Gasteiger partial charge in [-0.15, -0.1) is 0 Å². The summed E-state index contributed by atoms with van der Waals surface area (Å²) in [4.78, 5) is 11.7. The molecule has 1 aliphatic rings. The molecule has 1 N–H and O–H groups in total. The van der Waals surface area contributed by atoms with Crippen LogP contribution in [0.5, 0.6) is 0 Å². The van der Waals surface area contributed by atoms with Gasteiger partial charge in [0.05, 0.1) is 9.89 Å². The first-order chi connectivity index (χ1) is 8.97. The van der Waals surface area contributed by atoms with Gasteiger partial charge in [0, 0.05) is 0 Å². The van der Waals surface area contributed by atoms with Crippen molar-refractivity contribution in [1.82, 2.24) is 0 Å². The maximum atomic E-state index is 13.2. The van der Waals surface area contributed by atoms with Crippen LogP contribution in [0, 0.1) is 17.2 Å². The fourth-order valence-corrected chi connectivity index (χ4v) is 3.48. The Kier molecular flexibility index (Phi) is 4.29. The molecular weight excluding hydrogens is 311 g/mol. The molecule has 0 saturated heterocycles. The first-order valence-electron chi connectivity index (χ1n) is 6.64. The molecule has 4 heteroatoms. The topological polar surface area (TPSA) is 37.3 Å². The van der Waals surface area contributed by atoms with E-state index in [2.05, 4.69) is 22.9 Å². The van der Waals surface area contributed by atoms with E-state index >= 15 is 0 Å². The van der Waals surface area contributed by atoms with Gasteiger partial charge in [-0.1, -0.05) is 19.4 Å². The van der Waals surface area contributed by atoms with Gasteiger partial charge in [-0.25, -0.2) is 4.39 Å². The minimum absolute atomic E-state index is 0.314. The van der Waals surface area contributed by atoms with E-state index in [4.69, 9.17) is 0 Å². The van der Waals surface area contributed by atoms with Crippen molar-refractivity contribution >= 4 is 21.9 Å². The standard InChI is InChI=1S/C15H18BrFO2/c1-2-10-5-6-15(8-10,14(18)19)9-11-3-4-13(17)12(16)7-11/h3-4,7,10H,2,5-6,8-9H2,1H3,(H,18,19). The van der Waals surface area contributed by atoms with E-state index in [9.17, 15) is 14.3 Å². The molecule has 104 valence electrons. The van der Waals surface area contributed by atoms with Gasteiger partial charge in [0.15, 0.2) is 0 Å². The monoisotopic (exact) mass is 328 g/mol. The van der Waals surface area contributed by atoms with Crippen molar-refractivity contribution in [1.29, 1.82) is 0 Å². The van der Waals surface area contributed by atoms with Crippen LogP contribution in [0.25, 0.3) is 0 Å². The summed E-state index contributed by atoms with van der Waals surface area (Å²) in [6.45, 7) is 2.11. The predicted molar refractivity (Wildman–Crippen MR) is 75.5 cm³/mol. The van der Waals surface area contributed by atoms with Crippen LogP contribution in [0.15, 0.2) is 22.7 Å². The Morgan fingerprint density at radius 2 is 2.32 bits per heavy atom. The molecule has 1 aromatic rings. The number of carbonyl (C=O) groups is 1. The van der Waals surface area contributed by atoms with Crippen molar-refractivity contribution in [3.05, 3.63) is 34.1 Å². The number of rotatable bonds is 4. The van der Waals surface area contributed by atoms with Crippen molar-refractivity contribution in [2.45, 2.75) is 39.0 Å². The van der Waals surface area contributed by atoms with Crippen LogP contribution in [0.4, 0.5) is 4.39 Å². The van der Waals surface area contributed by atoms with Crippen LogP contribution in [0.3, 0.4) is 0 Å². The quantitative estimate of drug-likeness (QED) is 0.888. The number of carboxylic acids is 1. The molecule has 0 bridgehead atoms. The number of aliphatic carboxylic acids is 1. The lowest BCUT2D eigenvalue weighted by molar-refractivity contribution is -0.148. The van der Waals surface area contributed by atoms with E-state index in [1.54, 1.807) is 12.1 Å². The van der Waals surface area contributed by atoms with Gasteiger partial charge >= 0.3 is 5.97 Å². The minimum Gasteiger partial charge on any atom is -0.481 e. The van der Waals surface area contributed by atoms with Gasteiger partial charge in [0.25, 0.3) is 0 Å². The van der Waals surface area contributed by atoms with Gasteiger partial charge in [0.2, 0.25) is 0 Å². The van der Waals surface area contributed by atoms with Crippen LogP contribution >= 0.6 is 15.9 Å². The third-order valence-electron chi connectivity index (χ3n) is 4.27. The highest BCUT2D eigenvalue weighted by Gasteiger charge is 2.44. The lowest BCUT2D eigenvalue weighted by Crippen LogP contribution is -2.30. The summed E-state index contributed by atoms with van der Waals surface area (Å²) >= 11 is 3.15. The zero-order valence-electron chi connectivity index (χ0n) is 11.0. The van der Waals surface area contributed by atoms with Crippen LogP contribution in [0.2, 0.25) is 0 Å². The SMILES string of the molecule is CCC1CCC(Cc2ccc(F)c(Br)c2)(C(=O)O)C1. The molecule has 0 aromatic heterocycles. The number of halogens is 2. The van der Waals surface area contributed by atoms with Crippen molar-refractivity contribution in [2.75, 3.05) is 0 Å². The average molecular weight is 329 g/mol. The summed E-state index contributed by atoms with van der Waals surface area (Å²) in [6.07, 6.45) is 3.94. The zero-order chi connectivity index (χ0) is 14.0. The van der Waals surface area contributed by atoms with Gasteiger partial charge in [-0.2, -0.15) is 0 Å². The van der Waals surface area contributed by atoms with Crippen LogP contribution in [0.1, 0.15) is 38.2 Å². The van der Waals surface area contributed by atoms with Gasteiger partial charge < -0.3 is 5.11 Å². The smallest absolute Gasteiger partial charge is 0.309 e. The van der Waals surface area contributed by atoms with E-state index in [-0.39, 0.29) is 5.82 Å². The van der Waals surface area contributed by atoms with Gasteiger partial charge in [-0.05, 0) is 65.2 Å². The Morgan fingerprint density at radius 3 is 2.84 bits per heavy atom. The second-order valence-corrected chi connectivity index (χ2v) is 6.38. The van der Waals surface area contributed by atoms with Gasteiger partial charge in [0.1, 0.15) is 5.82 Å². The van der Waals surface area contributed by atoms with E-state index in [1.165, 1.54) is 6.07 Å². The second-order valence-electron chi connectivity index (χ2n) is 5.53. The van der Waals surface area contributed by atoms with Crippen molar-refractivity contribution in [3.8, 4) is 0 Å². The highest BCUT2D eigenvalue weighted by molar-refractivity contribution is 9.10. The highest BCUT2D eigenvalue weighted by atomic mass is 79.9. The molecule has 2 nitrogen and oxygen atoms in total. The summed E-state index contributed by atoms with van der Waals surface area (Å²) in [6, 6.07) is 4.77. The maximum absolute atomic E-state index is 13.2. The van der Waals surface area contributed by atoms with E-state index in [0.717, 1.165) is 31.2 Å². The Balaban J connectivity index is 2.22. The zero-order valence-corrected chi connectivity index (χ0v) is 12.5. The average Bonchev–Trinajstić information content (AvgIpc) is 2.79. The summed E-state index contributed by atoms with van der Waals surface area (Å²) < 4.78 is 13.6. The minimum atomic E-state index is -0.719. The molecule has 0 heterocycles. The second kappa shape index (κ2) is 5.61. The molecule has 2 rings (SSSR count). The Labute approximate surface area is 121 Å². The summed E-state index contributed by atoms with van der Waals surface area (Å²) in [7, 11) is 0. The lowest BCUT2D eigenvalue weighted by atomic mass is 9.79. The maximum Gasteiger partial charge on any atom is 0.309 e. The Hall–Kier alpha value is -0.900. The fraction of sp³-hybridized carbons (Fsp3) is 0.533. The van der Waals surface area contributed by atoms with Crippen molar-refractivity contribution < 1.29 is 14.3 Å². The predicted octanol–water partition coefficient (Wildman–Crippen LogP) is 4.41. The summed E-state index contributed by atoms with van der Waals surface area (Å²) in [5, 5.41) is 9.58. The molecule has 2 atom stereocenters.